The van der Waals surface area contributed by atoms with Gasteiger partial charge in [-0.15, -0.1) is 0 Å². The van der Waals surface area contributed by atoms with Gasteiger partial charge in [0.2, 0.25) is 11.8 Å². The van der Waals surface area contributed by atoms with E-state index in [1.165, 1.54) is 12.1 Å². The second-order valence-corrected chi connectivity index (χ2v) is 7.49. The molecule has 29 heavy (non-hydrogen) atoms. The molecule has 2 heterocycles. The van der Waals surface area contributed by atoms with Crippen LogP contribution in [0.5, 0.6) is 0 Å². The summed E-state index contributed by atoms with van der Waals surface area (Å²) in [6.07, 6.45) is 1.46. The predicted molar refractivity (Wildman–Crippen MR) is 112 cm³/mol. The number of benzene rings is 2. The van der Waals surface area contributed by atoms with Crippen LogP contribution < -0.4 is 15.1 Å². The number of hydrogen-bond donors (Lipinski definition) is 1. The van der Waals surface area contributed by atoms with E-state index in [-0.39, 0.29) is 17.6 Å². The average Bonchev–Trinajstić information content (AvgIpc) is 3.15. The van der Waals surface area contributed by atoms with Gasteiger partial charge in [-0.25, -0.2) is 4.39 Å². The van der Waals surface area contributed by atoms with E-state index in [0.29, 0.717) is 18.7 Å². The second-order valence-electron chi connectivity index (χ2n) is 7.49. The van der Waals surface area contributed by atoms with Crippen LogP contribution in [0.15, 0.2) is 48.5 Å². The molecular formula is C22H25FN4O2. The fraction of sp³-hybridized carbons (Fsp3) is 0.364. The molecule has 152 valence electrons. The summed E-state index contributed by atoms with van der Waals surface area (Å²) in [5.41, 5.74) is 2.54. The van der Waals surface area contributed by atoms with Crippen molar-refractivity contribution < 1.29 is 14.0 Å². The zero-order valence-electron chi connectivity index (χ0n) is 16.3. The van der Waals surface area contributed by atoms with Crippen LogP contribution in [-0.2, 0) is 9.59 Å². The topological polar surface area (TPSA) is 55.9 Å². The van der Waals surface area contributed by atoms with E-state index in [0.717, 1.165) is 50.5 Å². The maximum Gasteiger partial charge on any atom is 0.238 e. The molecule has 0 aliphatic carbocycles. The average molecular weight is 396 g/mol. The van der Waals surface area contributed by atoms with Crippen molar-refractivity contribution in [2.75, 3.05) is 54.4 Å². The van der Waals surface area contributed by atoms with Crippen molar-refractivity contribution >= 4 is 28.9 Å². The molecule has 2 aliphatic heterocycles. The number of nitrogens with one attached hydrogen (secondary N) is 1. The van der Waals surface area contributed by atoms with Crippen molar-refractivity contribution in [3.8, 4) is 0 Å². The van der Waals surface area contributed by atoms with Gasteiger partial charge >= 0.3 is 0 Å². The van der Waals surface area contributed by atoms with E-state index in [9.17, 15) is 14.0 Å². The molecule has 2 aromatic carbocycles. The van der Waals surface area contributed by atoms with Gasteiger partial charge in [-0.3, -0.25) is 14.5 Å². The third-order valence-electron chi connectivity index (χ3n) is 5.45. The largest absolute Gasteiger partial charge is 0.369 e. The predicted octanol–water partition coefficient (Wildman–Crippen LogP) is 2.71. The van der Waals surface area contributed by atoms with Gasteiger partial charge in [-0.1, -0.05) is 6.07 Å². The van der Waals surface area contributed by atoms with Crippen LogP contribution in [0, 0.1) is 5.82 Å². The van der Waals surface area contributed by atoms with Gasteiger partial charge in [0.05, 0.1) is 6.54 Å². The van der Waals surface area contributed by atoms with Gasteiger partial charge in [0.25, 0.3) is 0 Å². The Balaban J connectivity index is 1.28. The van der Waals surface area contributed by atoms with Crippen molar-refractivity contribution in [2.45, 2.75) is 12.8 Å². The highest BCUT2D eigenvalue weighted by atomic mass is 19.1. The molecule has 0 saturated carbocycles. The third-order valence-corrected chi connectivity index (χ3v) is 5.45. The van der Waals surface area contributed by atoms with E-state index in [2.05, 4.69) is 15.1 Å². The zero-order chi connectivity index (χ0) is 20.2. The summed E-state index contributed by atoms with van der Waals surface area (Å²) in [6, 6.07) is 14.0. The number of halogens is 1. The SMILES string of the molecule is O=C(CN1CCN(c2ccc(F)cc2)CC1)Nc1cccc(N2CCCC2=O)c1. The Morgan fingerprint density at radius 2 is 1.72 bits per heavy atom. The number of amides is 2. The van der Waals surface area contributed by atoms with Gasteiger partial charge in [-0.05, 0) is 48.9 Å². The van der Waals surface area contributed by atoms with Crippen molar-refractivity contribution in [2.24, 2.45) is 0 Å². The number of carbonyl (C=O) groups excluding carboxylic acids is 2. The van der Waals surface area contributed by atoms with Gasteiger partial charge in [0.15, 0.2) is 0 Å². The van der Waals surface area contributed by atoms with Crippen LogP contribution in [-0.4, -0.2) is 56.0 Å². The van der Waals surface area contributed by atoms with Crippen LogP contribution >= 0.6 is 0 Å². The molecular weight excluding hydrogens is 371 g/mol. The first kappa shape index (κ1) is 19.4. The molecule has 0 unspecified atom stereocenters. The summed E-state index contributed by atoms with van der Waals surface area (Å²) in [4.78, 5) is 30.5. The molecule has 0 spiro atoms. The van der Waals surface area contributed by atoms with Crippen molar-refractivity contribution in [1.29, 1.82) is 0 Å². The third kappa shape index (κ3) is 4.74. The summed E-state index contributed by atoms with van der Waals surface area (Å²) >= 11 is 0. The Bertz CT molecular complexity index is 879. The van der Waals surface area contributed by atoms with Crippen LogP contribution in [0.2, 0.25) is 0 Å². The zero-order valence-corrected chi connectivity index (χ0v) is 16.3. The number of anilines is 3. The van der Waals surface area contributed by atoms with Gasteiger partial charge in [0.1, 0.15) is 5.82 Å². The highest BCUT2D eigenvalue weighted by Gasteiger charge is 2.22. The molecule has 4 rings (SSSR count). The first-order valence-electron chi connectivity index (χ1n) is 10.0. The minimum Gasteiger partial charge on any atom is -0.369 e. The molecule has 6 nitrogen and oxygen atoms in total. The summed E-state index contributed by atoms with van der Waals surface area (Å²) < 4.78 is 13.1. The number of piperazine rings is 1. The summed E-state index contributed by atoms with van der Waals surface area (Å²) in [5.74, 6) is -0.167. The van der Waals surface area contributed by atoms with Crippen LogP contribution in [0.3, 0.4) is 0 Å². The fourth-order valence-electron chi connectivity index (χ4n) is 3.89. The number of nitrogens with zero attached hydrogens (tertiary/aromatic N) is 3. The van der Waals surface area contributed by atoms with Crippen LogP contribution in [0.1, 0.15) is 12.8 Å². The van der Waals surface area contributed by atoms with Crippen LogP contribution in [0.4, 0.5) is 21.5 Å². The smallest absolute Gasteiger partial charge is 0.238 e. The lowest BCUT2D eigenvalue weighted by molar-refractivity contribution is -0.118. The molecule has 0 bridgehead atoms. The summed E-state index contributed by atoms with van der Waals surface area (Å²) in [7, 11) is 0. The second kappa shape index (κ2) is 8.61. The van der Waals surface area contributed by atoms with E-state index in [1.807, 2.05) is 24.3 Å². The highest BCUT2D eigenvalue weighted by Crippen LogP contribution is 2.24. The number of carbonyl (C=O) groups is 2. The molecule has 1 N–H and O–H groups in total. The normalized spacial score (nSPS) is 17.6. The fourth-order valence-corrected chi connectivity index (χ4v) is 3.89. The Morgan fingerprint density at radius 1 is 0.966 bits per heavy atom. The quantitative estimate of drug-likeness (QED) is 0.844. The van der Waals surface area contributed by atoms with Crippen molar-refractivity contribution in [3.63, 3.8) is 0 Å². The first-order chi connectivity index (χ1) is 14.1. The van der Waals surface area contributed by atoms with Crippen LogP contribution in [0.25, 0.3) is 0 Å². The Hall–Kier alpha value is -2.93. The van der Waals surface area contributed by atoms with E-state index >= 15 is 0 Å². The molecule has 2 amide bonds. The molecule has 0 aromatic heterocycles. The van der Waals surface area contributed by atoms with E-state index < -0.39 is 0 Å². The molecule has 0 radical (unpaired) electrons. The number of hydrogen-bond acceptors (Lipinski definition) is 4. The monoisotopic (exact) mass is 396 g/mol. The summed E-state index contributed by atoms with van der Waals surface area (Å²) in [5, 5.41) is 2.94. The minimum absolute atomic E-state index is 0.0647. The molecule has 2 aliphatic rings. The molecule has 0 atom stereocenters. The minimum atomic E-state index is -0.234. The van der Waals surface area contributed by atoms with E-state index in [1.54, 1.807) is 17.0 Å². The maximum atomic E-state index is 13.1. The number of rotatable bonds is 5. The highest BCUT2D eigenvalue weighted by molar-refractivity contribution is 5.97. The lowest BCUT2D eigenvalue weighted by atomic mass is 10.2. The Labute approximate surface area is 169 Å². The Morgan fingerprint density at radius 3 is 2.41 bits per heavy atom. The Kier molecular flexibility index (Phi) is 5.76. The molecule has 2 aromatic rings. The standard InChI is InChI=1S/C22H25FN4O2/c23-17-6-8-19(9-7-17)26-13-11-25(12-14-26)16-21(28)24-18-3-1-4-20(15-18)27-10-2-5-22(27)29/h1,3-4,6-9,15H,2,5,10-14,16H2,(H,24,28). The van der Waals surface area contributed by atoms with Gasteiger partial charge in [0, 0.05) is 56.2 Å². The van der Waals surface area contributed by atoms with Gasteiger partial charge < -0.3 is 15.1 Å². The first-order valence-corrected chi connectivity index (χ1v) is 10.0. The van der Waals surface area contributed by atoms with Crippen molar-refractivity contribution in [3.05, 3.63) is 54.3 Å². The molecule has 2 fully saturated rings. The lowest BCUT2D eigenvalue weighted by Gasteiger charge is -2.35. The van der Waals surface area contributed by atoms with Crippen molar-refractivity contribution in [1.82, 2.24) is 4.90 Å². The molecule has 7 heteroatoms. The maximum absolute atomic E-state index is 13.1. The van der Waals surface area contributed by atoms with Gasteiger partial charge in [-0.2, -0.15) is 0 Å². The van der Waals surface area contributed by atoms with E-state index in [4.69, 9.17) is 0 Å². The molecule has 2 saturated heterocycles. The lowest BCUT2D eigenvalue weighted by Crippen LogP contribution is -2.48. The summed E-state index contributed by atoms with van der Waals surface area (Å²) in [6.45, 7) is 4.19.